The van der Waals surface area contributed by atoms with Gasteiger partial charge in [-0.2, -0.15) is 15.1 Å². The second kappa shape index (κ2) is 9.07. The molecule has 9 heteroatoms. The number of fused-ring (bicyclic) bond motifs is 1. The molecule has 2 heterocycles. The maximum absolute atomic E-state index is 12.4. The van der Waals surface area contributed by atoms with Crippen LogP contribution >= 0.6 is 27.7 Å². The van der Waals surface area contributed by atoms with Crippen LogP contribution in [0, 0.1) is 12.3 Å². The van der Waals surface area contributed by atoms with Crippen molar-refractivity contribution in [1.82, 2.24) is 5.01 Å². The fraction of sp³-hybridized carbons (Fsp3) is 0.182. The highest BCUT2D eigenvalue weighted by Crippen LogP contribution is 2.38. The van der Waals surface area contributed by atoms with Crippen LogP contribution in [0.25, 0.3) is 6.08 Å². The Bertz CT molecular complexity index is 1160. The second-order valence-corrected chi connectivity index (χ2v) is 8.46. The minimum absolute atomic E-state index is 0.00916. The van der Waals surface area contributed by atoms with Gasteiger partial charge in [0, 0.05) is 0 Å². The minimum atomic E-state index is -0.469. The Morgan fingerprint density at radius 2 is 2.10 bits per heavy atom. The van der Waals surface area contributed by atoms with Crippen molar-refractivity contribution in [3.63, 3.8) is 0 Å². The molecule has 0 unspecified atom stereocenters. The van der Waals surface area contributed by atoms with E-state index in [9.17, 15) is 4.79 Å². The van der Waals surface area contributed by atoms with Gasteiger partial charge in [-0.25, -0.2) is 0 Å². The highest BCUT2D eigenvalue weighted by atomic mass is 79.9. The summed E-state index contributed by atoms with van der Waals surface area (Å²) in [4.78, 5) is 16.4. The average Bonchev–Trinajstić information content (AvgIpc) is 3.19. The molecular weight excluding hydrogens is 480 g/mol. The molecule has 0 aliphatic carbocycles. The normalized spacial score (nSPS) is 16.5. The van der Waals surface area contributed by atoms with E-state index in [-0.39, 0.29) is 11.4 Å². The summed E-state index contributed by atoms with van der Waals surface area (Å²) in [6, 6.07) is 11.7. The zero-order chi connectivity index (χ0) is 22.0. The molecule has 0 saturated heterocycles. The standard InChI is InChI=1S/C22H19BrN4O3S/c1-3-29-18-10-15(8-16-20(24)27-22(26-21(16)28)31-12-25-27)9-17(23)19(18)30-11-14-6-4-5-13(2)7-14/h4-10,12,24H,3,11H2,1-2H3/b16-8-,24-20?. The first-order chi connectivity index (χ1) is 15.0. The fourth-order valence-electron chi connectivity index (χ4n) is 3.14. The number of hydrazone groups is 1. The molecule has 0 saturated carbocycles. The van der Waals surface area contributed by atoms with Crippen molar-refractivity contribution in [2.45, 2.75) is 20.5 Å². The zero-order valence-electron chi connectivity index (χ0n) is 16.9. The third-order valence-corrected chi connectivity index (χ3v) is 5.77. The molecule has 0 fully saturated rings. The van der Waals surface area contributed by atoms with E-state index in [0.717, 1.165) is 5.56 Å². The molecule has 158 valence electrons. The monoisotopic (exact) mass is 498 g/mol. The number of thioether (sulfide) groups is 1. The van der Waals surface area contributed by atoms with Gasteiger partial charge in [0.1, 0.15) is 6.61 Å². The van der Waals surface area contributed by atoms with Crippen LogP contribution in [0.5, 0.6) is 11.5 Å². The van der Waals surface area contributed by atoms with Crippen LogP contribution in [-0.2, 0) is 11.4 Å². The molecule has 1 amide bonds. The van der Waals surface area contributed by atoms with Gasteiger partial charge >= 0.3 is 0 Å². The Hall–Kier alpha value is -2.91. The van der Waals surface area contributed by atoms with Crippen LogP contribution in [0.4, 0.5) is 0 Å². The number of hydrogen-bond donors (Lipinski definition) is 1. The molecule has 2 aromatic carbocycles. The van der Waals surface area contributed by atoms with Gasteiger partial charge in [-0.3, -0.25) is 10.2 Å². The number of nitrogens with one attached hydrogen (secondary N) is 1. The van der Waals surface area contributed by atoms with E-state index in [4.69, 9.17) is 14.9 Å². The summed E-state index contributed by atoms with van der Waals surface area (Å²) in [5.41, 5.74) is 4.61. The van der Waals surface area contributed by atoms with E-state index >= 15 is 0 Å². The number of amides is 1. The quantitative estimate of drug-likeness (QED) is 0.567. The van der Waals surface area contributed by atoms with Crippen molar-refractivity contribution in [3.8, 4) is 11.5 Å². The molecule has 0 atom stereocenters. The van der Waals surface area contributed by atoms with Crippen molar-refractivity contribution in [1.29, 1.82) is 5.41 Å². The van der Waals surface area contributed by atoms with Gasteiger partial charge in [0.05, 0.1) is 22.2 Å². The number of rotatable bonds is 6. The summed E-state index contributed by atoms with van der Waals surface area (Å²) in [7, 11) is 0. The van der Waals surface area contributed by atoms with Gasteiger partial charge in [-0.1, -0.05) is 29.8 Å². The lowest BCUT2D eigenvalue weighted by atomic mass is 10.1. The van der Waals surface area contributed by atoms with E-state index in [2.05, 4.69) is 32.1 Å². The van der Waals surface area contributed by atoms with E-state index in [1.807, 2.05) is 38.1 Å². The molecule has 0 aromatic heterocycles. The van der Waals surface area contributed by atoms with Crippen molar-refractivity contribution in [3.05, 3.63) is 63.1 Å². The first-order valence-electron chi connectivity index (χ1n) is 9.54. The SMILES string of the molecule is CCOc1cc(/C=C2/C(=N)N3N=CSC3=NC2=O)cc(Br)c1OCc1cccc(C)c1. The smallest absolute Gasteiger partial charge is 0.283 e. The lowest BCUT2D eigenvalue weighted by molar-refractivity contribution is -0.114. The Morgan fingerprint density at radius 3 is 2.87 bits per heavy atom. The molecule has 4 rings (SSSR count). The van der Waals surface area contributed by atoms with Crippen LogP contribution < -0.4 is 9.47 Å². The molecule has 0 bridgehead atoms. The van der Waals surface area contributed by atoms with Crippen molar-refractivity contribution in [2.24, 2.45) is 10.1 Å². The molecule has 2 aliphatic rings. The van der Waals surface area contributed by atoms with Gasteiger partial charge in [-0.15, -0.1) is 0 Å². The number of aryl methyl sites for hydroxylation is 1. The number of hydrogen-bond acceptors (Lipinski definition) is 6. The molecule has 7 nitrogen and oxygen atoms in total. The molecular formula is C22H19BrN4O3S. The van der Waals surface area contributed by atoms with Crippen LogP contribution in [0.3, 0.4) is 0 Å². The third kappa shape index (κ3) is 4.57. The van der Waals surface area contributed by atoms with Gasteiger partial charge in [0.15, 0.2) is 22.5 Å². The van der Waals surface area contributed by atoms with Crippen LogP contribution in [0.15, 0.2) is 56.5 Å². The van der Waals surface area contributed by atoms with Gasteiger partial charge in [-0.05, 0) is 70.9 Å². The summed E-state index contributed by atoms with van der Waals surface area (Å²) in [6.45, 7) is 4.78. The number of halogens is 1. The number of carbonyl (C=O) groups is 1. The number of nitrogens with zero attached hydrogens (tertiary/aromatic N) is 3. The molecule has 2 aliphatic heterocycles. The van der Waals surface area contributed by atoms with E-state index < -0.39 is 5.91 Å². The Kier molecular flexibility index (Phi) is 6.24. The molecule has 0 spiro atoms. The molecule has 2 aromatic rings. The number of amidine groups is 2. The summed E-state index contributed by atoms with van der Waals surface area (Å²) in [5.74, 6) is 0.648. The number of aliphatic imine (C=N–C) groups is 1. The Balaban J connectivity index is 1.64. The van der Waals surface area contributed by atoms with E-state index in [0.29, 0.717) is 39.9 Å². The average molecular weight is 499 g/mol. The third-order valence-electron chi connectivity index (χ3n) is 4.50. The topological polar surface area (TPSA) is 87.3 Å². The maximum Gasteiger partial charge on any atom is 0.283 e. The number of carbonyl (C=O) groups excluding carboxylic acids is 1. The summed E-state index contributed by atoms with van der Waals surface area (Å²) < 4.78 is 12.5. The van der Waals surface area contributed by atoms with Gasteiger partial charge < -0.3 is 9.47 Å². The summed E-state index contributed by atoms with van der Waals surface area (Å²) in [6.07, 6.45) is 1.61. The summed E-state index contributed by atoms with van der Waals surface area (Å²) >= 11 is 4.77. The number of benzene rings is 2. The second-order valence-electron chi connectivity index (χ2n) is 6.80. The fourth-order valence-corrected chi connectivity index (χ4v) is 4.32. The van der Waals surface area contributed by atoms with Crippen LogP contribution in [0.1, 0.15) is 23.6 Å². The van der Waals surface area contributed by atoms with Gasteiger partial charge in [0.2, 0.25) is 0 Å². The van der Waals surface area contributed by atoms with E-state index in [1.165, 1.54) is 22.3 Å². The number of ether oxygens (including phenoxy) is 2. The highest BCUT2D eigenvalue weighted by Gasteiger charge is 2.32. The van der Waals surface area contributed by atoms with Crippen LogP contribution in [0.2, 0.25) is 0 Å². The van der Waals surface area contributed by atoms with Gasteiger partial charge in [0.25, 0.3) is 5.91 Å². The lowest BCUT2D eigenvalue weighted by Gasteiger charge is -2.20. The zero-order valence-corrected chi connectivity index (χ0v) is 19.3. The van der Waals surface area contributed by atoms with E-state index in [1.54, 1.807) is 17.7 Å². The lowest BCUT2D eigenvalue weighted by Crippen LogP contribution is -2.35. The largest absolute Gasteiger partial charge is 0.490 e. The Labute approximate surface area is 192 Å². The minimum Gasteiger partial charge on any atom is -0.490 e. The first-order valence-corrected chi connectivity index (χ1v) is 11.2. The molecule has 31 heavy (non-hydrogen) atoms. The molecule has 1 N–H and O–H groups in total. The maximum atomic E-state index is 12.4. The highest BCUT2D eigenvalue weighted by molar-refractivity contribution is 9.10. The van der Waals surface area contributed by atoms with Crippen molar-refractivity contribution < 1.29 is 14.3 Å². The predicted molar refractivity (Wildman–Crippen MR) is 127 cm³/mol. The molecule has 0 radical (unpaired) electrons. The summed E-state index contributed by atoms with van der Waals surface area (Å²) in [5, 5.41) is 14.1. The predicted octanol–water partition coefficient (Wildman–Crippen LogP) is 4.98. The van der Waals surface area contributed by atoms with Crippen LogP contribution in [-0.4, -0.2) is 34.1 Å². The Morgan fingerprint density at radius 1 is 1.26 bits per heavy atom. The van der Waals surface area contributed by atoms with Crippen molar-refractivity contribution in [2.75, 3.05) is 6.61 Å². The van der Waals surface area contributed by atoms with Crippen molar-refractivity contribution >= 4 is 56.2 Å². The first kappa shape index (κ1) is 21.3.